The van der Waals surface area contributed by atoms with E-state index in [0.717, 1.165) is 54.0 Å². The van der Waals surface area contributed by atoms with Gasteiger partial charge in [0.15, 0.2) is 0 Å². The molecule has 0 aromatic rings. The average molecular weight is 383 g/mol. The molecular formula is C26H54O. The molecule has 2 fully saturated rings. The van der Waals surface area contributed by atoms with Gasteiger partial charge >= 0.3 is 0 Å². The van der Waals surface area contributed by atoms with Crippen LogP contribution in [0.1, 0.15) is 107 Å². The Morgan fingerprint density at radius 2 is 0.889 bits per heavy atom. The molecular weight excluding hydrogens is 328 g/mol. The standard InChI is InChI=1S/C12H24.C11H22.C3H8O/c1-9(2)5-11-7-12(8-11)6-10(3)4;1-8(2)5-10-7-11(10)6-9(3)4;1-3-4-2/h9-12H,5-8H2,1-4H3;8-11H,5-7H2,1-4H3;3H2,1-2H3. The van der Waals surface area contributed by atoms with Crippen molar-refractivity contribution in [2.45, 2.75) is 107 Å². The third-order valence-electron chi connectivity index (χ3n) is 5.85. The summed E-state index contributed by atoms with van der Waals surface area (Å²) in [7, 11) is 1.68. The van der Waals surface area contributed by atoms with E-state index in [1.807, 2.05) is 6.92 Å². The second kappa shape index (κ2) is 14.9. The maximum absolute atomic E-state index is 4.54. The second-order valence-corrected chi connectivity index (χ2v) is 11.1. The van der Waals surface area contributed by atoms with Crippen LogP contribution >= 0.6 is 0 Å². The van der Waals surface area contributed by atoms with E-state index in [4.69, 9.17) is 0 Å². The van der Waals surface area contributed by atoms with Gasteiger partial charge in [-0.15, -0.1) is 0 Å². The van der Waals surface area contributed by atoms with Crippen LogP contribution in [-0.2, 0) is 4.74 Å². The smallest absolute Gasteiger partial charge is 0.0433 e. The normalized spacial score (nSPS) is 26.4. The Kier molecular flexibility index (Phi) is 14.9. The Bertz CT molecular complexity index is 295. The molecule has 0 heterocycles. The summed E-state index contributed by atoms with van der Waals surface area (Å²) >= 11 is 0. The summed E-state index contributed by atoms with van der Waals surface area (Å²) in [6, 6.07) is 0. The molecule has 2 aliphatic rings. The van der Waals surface area contributed by atoms with Gasteiger partial charge in [0.1, 0.15) is 0 Å². The van der Waals surface area contributed by atoms with Gasteiger partial charge in [0.2, 0.25) is 0 Å². The van der Waals surface area contributed by atoms with E-state index in [1.54, 1.807) is 7.11 Å². The summed E-state index contributed by atoms with van der Waals surface area (Å²) in [6.45, 7) is 21.5. The molecule has 2 aliphatic carbocycles. The molecule has 0 spiro atoms. The SMILES string of the molecule is CC(C)CC1CC(CC(C)C)C1.CC(C)CC1CC1CC(C)C.CCOC. The van der Waals surface area contributed by atoms with E-state index < -0.39 is 0 Å². The van der Waals surface area contributed by atoms with Crippen LogP contribution in [0.25, 0.3) is 0 Å². The van der Waals surface area contributed by atoms with Crippen LogP contribution in [0, 0.1) is 47.3 Å². The van der Waals surface area contributed by atoms with Gasteiger partial charge in [-0.2, -0.15) is 0 Å². The Morgan fingerprint density at radius 3 is 1.11 bits per heavy atom. The fraction of sp³-hybridized carbons (Fsp3) is 1.00. The highest BCUT2D eigenvalue weighted by molar-refractivity contribution is 4.87. The molecule has 0 radical (unpaired) electrons. The zero-order valence-electron chi connectivity index (χ0n) is 20.7. The van der Waals surface area contributed by atoms with Crippen molar-refractivity contribution >= 4 is 0 Å². The summed E-state index contributed by atoms with van der Waals surface area (Å²) in [6.07, 6.45) is 10.4. The molecule has 2 unspecified atom stereocenters. The molecule has 0 aromatic heterocycles. The Labute approximate surface area is 173 Å². The van der Waals surface area contributed by atoms with E-state index in [1.165, 1.54) is 44.9 Å². The van der Waals surface area contributed by atoms with E-state index in [-0.39, 0.29) is 0 Å². The van der Waals surface area contributed by atoms with Crippen molar-refractivity contribution in [2.24, 2.45) is 47.3 Å². The van der Waals surface area contributed by atoms with E-state index in [2.05, 4.69) is 60.1 Å². The summed E-state index contributed by atoms with van der Waals surface area (Å²) in [4.78, 5) is 0. The van der Waals surface area contributed by atoms with Crippen LogP contribution in [0.2, 0.25) is 0 Å². The fourth-order valence-electron chi connectivity index (χ4n) is 4.69. The summed E-state index contributed by atoms with van der Waals surface area (Å²) < 4.78 is 4.54. The minimum absolute atomic E-state index is 0.819. The van der Waals surface area contributed by atoms with Crippen molar-refractivity contribution in [3.05, 3.63) is 0 Å². The van der Waals surface area contributed by atoms with Crippen molar-refractivity contribution in [2.75, 3.05) is 13.7 Å². The number of rotatable bonds is 9. The van der Waals surface area contributed by atoms with Crippen LogP contribution in [0.5, 0.6) is 0 Å². The van der Waals surface area contributed by atoms with E-state index in [0.29, 0.717) is 0 Å². The van der Waals surface area contributed by atoms with Crippen molar-refractivity contribution in [3.63, 3.8) is 0 Å². The zero-order valence-corrected chi connectivity index (χ0v) is 20.7. The first-order valence-electron chi connectivity index (χ1n) is 12.1. The van der Waals surface area contributed by atoms with Crippen molar-refractivity contribution in [3.8, 4) is 0 Å². The maximum atomic E-state index is 4.54. The Hall–Kier alpha value is -0.0400. The highest BCUT2D eigenvalue weighted by Crippen LogP contribution is 2.46. The molecule has 2 rings (SSSR count). The van der Waals surface area contributed by atoms with Crippen molar-refractivity contribution in [1.29, 1.82) is 0 Å². The van der Waals surface area contributed by atoms with Gasteiger partial charge in [-0.25, -0.2) is 0 Å². The van der Waals surface area contributed by atoms with Gasteiger partial charge in [-0.1, -0.05) is 55.4 Å². The molecule has 2 atom stereocenters. The lowest BCUT2D eigenvalue weighted by Gasteiger charge is -2.37. The third-order valence-corrected chi connectivity index (χ3v) is 5.85. The molecule has 164 valence electrons. The third kappa shape index (κ3) is 15.5. The number of hydrogen-bond acceptors (Lipinski definition) is 1. The quantitative estimate of drug-likeness (QED) is 0.388. The van der Waals surface area contributed by atoms with Gasteiger partial charge in [-0.05, 0) is 99.2 Å². The molecule has 0 bridgehead atoms. The highest BCUT2D eigenvalue weighted by Gasteiger charge is 2.36. The fourth-order valence-corrected chi connectivity index (χ4v) is 4.69. The maximum Gasteiger partial charge on any atom is 0.0433 e. The van der Waals surface area contributed by atoms with Gasteiger partial charge < -0.3 is 4.74 Å². The number of hydrogen-bond donors (Lipinski definition) is 0. The molecule has 27 heavy (non-hydrogen) atoms. The van der Waals surface area contributed by atoms with Crippen molar-refractivity contribution in [1.82, 2.24) is 0 Å². The van der Waals surface area contributed by atoms with Crippen LogP contribution < -0.4 is 0 Å². The minimum Gasteiger partial charge on any atom is -0.385 e. The average Bonchev–Trinajstić information content (AvgIpc) is 3.20. The van der Waals surface area contributed by atoms with Crippen molar-refractivity contribution < 1.29 is 4.74 Å². The van der Waals surface area contributed by atoms with Gasteiger partial charge in [-0.3, -0.25) is 0 Å². The molecule has 2 saturated carbocycles. The lowest BCUT2D eigenvalue weighted by atomic mass is 9.69. The predicted molar refractivity (Wildman–Crippen MR) is 123 cm³/mol. The monoisotopic (exact) mass is 382 g/mol. The van der Waals surface area contributed by atoms with Crippen LogP contribution in [-0.4, -0.2) is 13.7 Å². The Morgan fingerprint density at radius 1 is 0.593 bits per heavy atom. The lowest BCUT2D eigenvalue weighted by molar-refractivity contribution is 0.142. The van der Waals surface area contributed by atoms with Gasteiger partial charge in [0.25, 0.3) is 0 Å². The summed E-state index contributed by atoms with van der Waals surface area (Å²) in [5.74, 6) is 8.00. The van der Waals surface area contributed by atoms with Gasteiger partial charge in [0, 0.05) is 13.7 Å². The molecule has 1 nitrogen and oxygen atoms in total. The van der Waals surface area contributed by atoms with E-state index in [9.17, 15) is 0 Å². The first kappa shape index (κ1) is 27.0. The largest absolute Gasteiger partial charge is 0.385 e. The van der Waals surface area contributed by atoms with Gasteiger partial charge in [0.05, 0.1) is 0 Å². The number of ether oxygens (including phenoxy) is 1. The molecule has 0 N–H and O–H groups in total. The minimum atomic E-state index is 0.819. The lowest BCUT2D eigenvalue weighted by Crippen LogP contribution is -2.25. The molecule has 1 heteroatoms. The topological polar surface area (TPSA) is 9.23 Å². The molecule has 0 amide bonds. The van der Waals surface area contributed by atoms with Crippen LogP contribution in [0.3, 0.4) is 0 Å². The second-order valence-electron chi connectivity index (χ2n) is 11.1. The summed E-state index contributed by atoms with van der Waals surface area (Å²) in [5.41, 5.74) is 0. The predicted octanol–water partition coefficient (Wildman–Crippen LogP) is 8.47. The van der Waals surface area contributed by atoms with E-state index >= 15 is 0 Å². The Balaban J connectivity index is 0.000000421. The highest BCUT2D eigenvalue weighted by atomic mass is 16.5. The molecule has 0 saturated heterocycles. The first-order chi connectivity index (χ1) is 12.6. The van der Waals surface area contributed by atoms with Crippen LogP contribution in [0.15, 0.2) is 0 Å². The first-order valence-corrected chi connectivity index (χ1v) is 12.1. The van der Waals surface area contributed by atoms with Crippen LogP contribution in [0.4, 0.5) is 0 Å². The molecule has 0 aromatic carbocycles. The zero-order chi connectivity index (χ0) is 21.0. The molecule has 0 aliphatic heterocycles. The summed E-state index contributed by atoms with van der Waals surface area (Å²) in [5, 5.41) is 0. The number of methoxy groups -OCH3 is 1.